The number of hydrogen-bond acceptors (Lipinski definition) is 6. The second-order valence-electron chi connectivity index (χ2n) is 8.62. The Bertz CT molecular complexity index is 960. The summed E-state index contributed by atoms with van der Waals surface area (Å²) in [7, 11) is 0. The number of aromatic nitrogens is 7. The molecule has 0 spiro atoms. The number of fused-ring (bicyclic) bond motifs is 1. The van der Waals surface area contributed by atoms with Gasteiger partial charge < -0.3 is 5.32 Å². The summed E-state index contributed by atoms with van der Waals surface area (Å²) < 4.78 is 3.63. The predicted octanol–water partition coefficient (Wildman–Crippen LogP) is 2.61. The summed E-state index contributed by atoms with van der Waals surface area (Å²) >= 11 is 0. The number of amides is 1. The molecule has 9 nitrogen and oxygen atoms in total. The lowest BCUT2D eigenvalue weighted by molar-refractivity contribution is -0.126. The first-order valence-electron chi connectivity index (χ1n) is 10.9. The van der Waals surface area contributed by atoms with Gasteiger partial charge in [-0.05, 0) is 46.7 Å². The molecule has 0 saturated heterocycles. The van der Waals surface area contributed by atoms with Crippen molar-refractivity contribution in [1.29, 1.82) is 0 Å². The summed E-state index contributed by atoms with van der Waals surface area (Å²) in [5.74, 6) is 1.07. The van der Waals surface area contributed by atoms with Crippen LogP contribution in [0.5, 0.6) is 0 Å². The minimum Gasteiger partial charge on any atom is -0.354 e. The minimum absolute atomic E-state index is 0.00661. The fourth-order valence-corrected chi connectivity index (χ4v) is 4.60. The average molecular weight is 411 g/mol. The second-order valence-corrected chi connectivity index (χ2v) is 8.62. The number of hydrogen-bond donors (Lipinski definition) is 1. The van der Waals surface area contributed by atoms with E-state index in [0.717, 1.165) is 37.2 Å². The first kappa shape index (κ1) is 20.4. The lowest BCUT2D eigenvalue weighted by Crippen LogP contribution is -2.44. The predicted molar refractivity (Wildman–Crippen MR) is 112 cm³/mol. The lowest BCUT2D eigenvalue weighted by Gasteiger charge is -2.37. The Kier molecular flexibility index (Phi) is 6.06. The van der Waals surface area contributed by atoms with Crippen molar-refractivity contribution in [3.8, 4) is 0 Å². The van der Waals surface area contributed by atoms with Gasteiger partial charge in [0, 0.05) is 19.2 Å². The quantitative estimate of drug-likeness (QED) is 0.612. The number of rotatable bonds is 8. The molecule has 2 atom stereocenters. The molecule has 0 aromatic carbocycles. The summed E-state index contributed by atoms with van der Waals surface area (Å²) in [5.41, 5.74) is 0.853. The molecule has 1 aliphatic rings. The Hall–Kier alpha value is -2.84. The maximum Gasteiger partial charge on any atom is 0.245 e. The number of carbonyl (C=O) groups is 1. The Morgan fingerprint density at radius 1 is 1.23 bits per heavy atom. The van der Waals surface area contributed by atoms with E-state index < -0.39 is 6.04 Å². The molecule has 30 heavy (non-hydrogen) atoms. The van der Waals surface area contributed by atoms with E-state index in [2.05, 4.69) is 49.3 Å². The molecule has 3 aromatic rings. The summed E-state index contributed by atoms with van der Waals surface area (Å²) in [6.07, 6.45) is 11.0. The Balaban J connectivity index is 1.52. The van der Waals surface area contributed by atoms with E-state index in [1.54, 1.807) is 4.68 Å². The summed E-state index contributed by atoms with van der Waals surface area (Å²) in [6, 6.07) is 5.53. The van der Waals surface area contributed by atoms with Gasteiger partial charge in [0.1, 0.15) is 18.2 Å². The van der Waals surface area contributed by atoms with Gasteiger partial charge in [-0.2, -0.15) is 0 Å². The van der Waals surface area contributed by atoms with Crippen molar-refractivity contribution < 1.29 is 4.79 Å². The van der Waals surface area contributed by atoms with Crippen molar-refractivity contribution in [3.63, 3.8) is 0 Å². The Morgan fingerprint density at radius 3 is 2.80 bits per heavy atom. The molecule has 0 aliphatic heterocycles. The van der Waals surface area contributed by atoms with Crippen LogP contribution in [0, 0.1) is 11.3 Å². The lowest BCUT2D eigenvalue weighted by atomic mass is 9.71. The molecule has 2 unspecified atom stereocenters. The van der Waals surface area contributed by atoms with Crippen molar-refractivity contribution in [1.82, 2.24) is 40.1 Å². The zero-order valence-corrected chi connectivity index (χ0v) is 17.7. The van der Waals surface area contributed by atoms with Crippen molar-refractivity contribution in [3.05, 3.63) is 36.5 Å². The van der Waals surface area contributed by atoms with Gasteiger partial charge in [0.05, 0.1) is 0 Å². The topological polar surface area (TPSA) is 103 Å². The molecule has 3 aromatic heterocycles. The highest BCUT2D eigenvalue weighted by Gasteiger charge is 2.36. The molecular weight excluding hydrogens is 380 g/mol. The molecule has 9 heteroatoms. The summed E-state index contributed by atoms with van der Waals surface area (Å²) in [4.78, 5) is 13.2. The number of tetrazole rings is 1. The molecule has 3 heterocycles. The van der Waals surface area contributed by atoms with Gasteiger partial charge in [-0.15, -0.1) is 15.3 Å². The Labute approximate surface area is 176 Å². The third-order valence-electron chi connectivity index (χ3n) is 6.57. The number of nitrogens with zero attached hydrogens (tertiary/aromatic N) is 7. The molecule has 1 fully saturated rings. The highest BCUT2D eigenvalue weighted by atomic mass is 16.2. The summed E-state index contributed by atoms with van der Waals surface area (Å²) in [5, 5.41) is 23.4. The van der Waals surface area contributed by atoms with Gasteiger partial charge in [-0.1, -0.05) is 45.6 Å². The fraction of sp³-hybridized carbons (Fsp3) is 0.619. The van der Waals surface area contributed by atoms with Crippen molar-refractivity contribution in [2.24, 2.45) is 11.3 Å². The van der Waals surface area contributed by atoms with E-state index in [1.807, 2.05) is 24.4 Å². The molecule has 1 N–H and O–H groups in total. The number of pyridine rings is 1. The largest absolute Gasteiger partial charge is 0.354 e. The Morgan fingerprint density at radius 2 is 2.07 bits per heavy atom. The molecule has 1 amide bonds. The van der Waals surface area contributed by atoms with Crippen LogP contribution in [0.25, 0.3) is 5.65 Å². The van der Waals surface area contributed by atoms with Crippen LogP contribution in [0.3, 0.4) is 0 Å². The number of carbonyl (C=O) groups excluding carboxylic acids is 1. The summed E-state index contributed by atoms with van der Waals surface area (Å²) in [6.45, 7) is 4.77. The number of nitrogens with one attached hydrogen (secondary N) is 1. The van der Waals surface area contributed by atoms with Crippen LogP contribution < -0.4 is 5.32 Å². The molecule has 0 bridgehead atoms. The van der Waals surface area contributed by atoms with Crippen molar-refractivity contribution in [2.75, 3.05) is 6.54 Å². The van der Waals surface area contributed by atoms with E-state index in [1.165, 1.54) is 25.6 Å². The van der Waals surface area contributed by atoms with E-state index in [-0.39, 0.29) is 17.2 Å². The SMILES string of the molecule is CCC(C)C(C(=O)NCC1(Cc2nnc3ccccn23)CCCCC1)n1cnnn1. The first-order chi connectivity index (χ1) is 14.6. The standard InChI is InChI=1S/C21H30N8O/c1-3-16(2)19(29-15-23-26-27-29)20(30)22-14-21(10-6-4-7-11-21)13-18-25-24-17-9-5-8-12-28(17)18/h5,8-9,12,15-16,19H,3-4,6-7,10-11,13-14H2,1-2H3,(H,22,30). The second kappa shape index (κ2) is 8.89. The maximum absolute atomic E-state index is 13.2. The van der Waals surface area contributed by atoms with E-state index in [0.29, 0.717) is 6.54 Å². The molecule has 160 valence electrons. The van der Waals surface area contributed by atoms with Crippen LogP contribution >= 0.6 is 0 Å². The molecule has 1 saturated carbocycles. The third-order valence-corrected chi connectivity index (χ3v) is 6.57. The van der Waals surface area contributed by atoms with Crippen molar-refractivity contribution in [2.45, 2.75) is 64.8 Å². The van der Waals surface area contributed by atoms with Crippen LogP contribution in [-0.4, -0.2) is 47.3 Å². The van der Waals surface area contributed by atoms with Gasteiger partial charge >= 0.3 is 0 Å². The normalized spacial score (nSPS) is 18.2. The van der Waals surface area contributed by atoms with Crippen LogP contribution in [0.2, 0.25) is 0 Å². The van der Waals surface area contributed by atoms with Gasteiger partial charge in [-0.3, -0.25) is 9.20 Å². The fourth-order valence-electron chi connectivity index (χ4n) is 4.60. The van der Waals surface area contributed by atoms with Crippen LogP contribution in [-0.2, 0) is 11.2 Å². The first-order valence-corrected chi connectivity index (χ1v) is 10.9. The van der Waals surface area contributed by atoms with Crippen LogP contribution in [0.4, 0.5) is 0 Å². The van der Waals surface area contributed by atoms with Gasteiger partial charge in [0.25, 0.3) is 0 Å². The smallest absolute Gasteiger partial charge is 0.245 e. The van der Waals surface area contributed by atoms with E-state index in [4.69, 9.17) is 0 Å². The molecule has 4 rings (SSSR count). The van der Waals surface area contributed by atoms with Gasteiger partial charge in [0.2, 0.25) is 5.91 Å². The zero-order valence-electron chi connectivity index (χ0n) is 17.7. The molecular formula is C21H30N8O. The third kappa shape index (κ3) is 4.20. The van der Waals surface area contributed by atoms with Gasteiger partial charge in [-0.25, -0.2) is 4.68 Å². The zero-order chi connectivity index (χ0) is 21.0. The van der Waals surface area contributed by atoms with Gasteiger partial charge in [0.15, 0.2) is 5.65 Å². The van der Waals surface area contributed by atoms with Crippen molar-refractivity contribution >= 4 is 11.6 Å². The monoisotopic (exact) mass is 410 g/mol. The van der Waals surface area contributed by atoms with E-state index >= 15 is 0 Å². The van der Waals surface area contributed by atoms with Crippen LogP contribution in [0.1, 0.15) is 64.2 Å². The average Bonchev–Trinajstić information content (AvgIpc) is 3.44. The highest BCUT2D eigenvalue weighted by Crippen LogP contribution is 2.38. The van der Waals surface area contributed by atoms with E-state index in [9.17, 15) is 4.79 Å². The molecule has 0 radical (unpaired) electrons. The minimum atomic E-state index is -0.403. The highest BCUT2D eigenvalue weighted by molar-refractivity contribution is 5.80. The maximum atomic E-state index is 13.2. The van der Waals surface area contributed by atoms with Crippen LogP contribution in [0.15, 0.2) is 30.7 Å². The molecule has 1 aliphatic carbocycles.